The van der Waals surface area contributed by atoms with E-state index in [9.17, 15) is 14.4 Å². The van der Waals surface area contributed by atoms with Crippen LogP contribution in [0, 0.1) is 6.92 Å². The van der Waals surface area contributed by atoms with Crippen LogP contribution in [0.25, 0.3) is 0 Å². The molecule has 0 aliphatic heterocycles. The summed E-state index contributed by atoms with van der Waals surface area (Å²) in [6.45, 7) is 1.90. The van der Waals surface area contributed by atoms with Gasteiger partial charge in [0.05, 0.1) is 16.3 Å². The predicted octanol–water partition coefficient (Wildman–Crippen LogP) is 7.41. The van der Waals surface area contributed by atoms with Gasteiger partial charge in [-0.25, -0.2) is 10.2 Å². The van der Waals surface area contributed by atoms with Gasteiger partial charge in [0.2, 0.25) is 0 Å². The highest BCUT2D eigenvalue weighted by Gasteiger charge is 2.16. The third-order valence-corrected chi connectivity index (χ3v) is 6.64. The van der Waals surface area contributed by atoms with Gasteiger partial charge in [0, 0.05) is 31.9 Å². The second-order valence-corrected chi connectivity index (χ2v) is 10.5. The molecule has 0 unspecified atom stereocenters. The number of aryl methyl sites for hydroxylation is 1. The second kappa shape index (κ2) is 12.8. The van der Waals surface area contributed by atoms with Crippen molar-refractivity contribution in [1.29, 1.82) is 0 Å². The van der Waals surface area contributed by atoms with Gasteiger partial charge in [0.1, 0.15) is 0 Å². The first kappa shape index (κ1) is 28.2. The van der Waals surface area contributed by atoms with Gasteiger partial charge in [0.15, 0.2) is 5.75 Å². The third kappa shape index (κ3) is 7.63. The van der Waals surface area contributed by atoms with Crippen LogP contribution in [0.3, 0.4) is 0 Å². The summed E-state index contributed by atoms with van der Waals surface area (Å²) in [6, 6.07) is 23.4. The second-order valence-electron chi connectivity index (χ2n) is 8.31. The lowest BCUT2D eigenvalue weighted by Gasteiger charge is -2.11. The molecule has 196 valence electrons. The number of carbonyl (C=O) groups is 3. The van der Waals surface area contributed by atoms with Gasteiger partial charge in [0.25, 0.3) is 11.8 Å². The molecule has 0 saturated heterocycles. The molecule has 0 heterocycles. The number of rotatable bonds is 7. The summed E-state index contributed by atoms with van der Waals surface area (Å²) in [5, 5.41) is 7.33. The molecule has 0 aromatic heterocycles. The molecule has 4 rings (SSSR count). The molecule has 0 aliphatic rings. The van der Waals surface area contributed by atoms with Gasteiger partial charge in [-0.3, -0.25) is 9.59 Å². The summed E-state index contributed by atoms with van der Waals surface area (Å²) < 4.78 is 6.81. The number of hydrazone groups is 1. The van der Waals surface area contributed by atoms with Crippen LogP contribution in [0.15, 0.2) is 99.0 Å². The van der Waals surface area contributed by atoms with Crippen molar-refractivity contribution in [2.75, 3.05) is 5.32 Å². The average molecular weight is 670 g/mol. The van der Waals surface area contributed by atoms with Crippen molar-refractivity contribution in [3.8, 4) is 5.75 Å². The van der Waals surface area contributed by atoms with Crippen molar-refractivity contribution in [2.45, 2.75) is 6.92 Å². The number of hydrogen-bond donors (Lipinski definition) is 2. The summed E-state index contributed by atoms with van der Waals surface area (Å²) in [6.07, 6.45) is 1.36. The monoisotopic (exact) mass is 667 g/mol. The molecule has 39 heavy (non-hydrogen) atoms. The fourth-order valence-corrected chi connectivity index (χ4v) is 4.94. The molecule has 2 amide bonds. The van der Waals surface area contributed by atoms with Crippen LogP contribution in [0.4, 0.5) is 5.69 Å². The molecule has 7 nitrogen and oxygen atoms in total. The molecule has 4 aromatic carbocycles. The molecule has 4 aromatic rings. The summed E-state index contributed by atoms with van der Waals surface area (Å²) >= 11 is 12.7. The summed E-state index contributed by atoms with van der Waals surface area (Å²) in [5.74, 6) is -1.14. The molecule has 0 fully saturated rings. The highest BCUT2D eigenvalue weighted by Crippen LogP contribution is 2.33. The standard InChI is InChI=1S/C29H20Br2ClN3O4/c1-17-4-2-5-19(12-17)27(36)34-24-7-3-6-20(14-24)28(37)35-33-16-21-13-22(30)15-25(31)26(21)39-29(38)18-8-10-23(32)11-9-18/h2-16H,1H3,(H,34,36)(H,35,37). The van der Waals surface area contributed by atoms with E-state index in [2.05, 4.69) is 47.7 Å². The fraction of sp³-hybridized carbons (Fsp3) is 0.0345. The van der Waals surface area contributed by atoms with Gasteiger partial charge < -0.3 is 10.1 Å². The topological polar surface area (TPSA) is 96.9 Å². The molecule has 0 atom stereocenters. The maximum Gasteiger partial charge on any atom is 0.343 e. The molecule has 0 aliphatic carbocycles. The zero-order chi connectivity index (χ0) is 27.9. The van der Waals surface area contributed by atoms with Crippen LogP contribution in [-0.4, -0.2) is 24.0 Å². The number of carbonyl (C=O) groups excluding carboxylic acids is 3. The Kier molecular flexibility index (Phi) is 9.29. The Hall–Kier alpha value is -3.79. The van der Waals surface area contributed by atoms with E-state index >= 15 is 0 Å². The number of amides is 2. The zero-order valence-corrected chi connectivity index (χ0v) is 24.3. The van der Waals surface area contributed by atoms with Gasteiger partial charge in [-0.2, -0.15) is 5.10 Å². The Morgan fingerprint density at radius 3 is 2.26 bits per heavy atom. The Bertz CT molecular complexity index is 1590. The largest absolute Gasteiger partial charge is 0.421 e. The van der Waals surface area contributed by atoms with Crippen LogP contribution in [-0.2, 0) is 0 Å². The molecule has 2 N–H and O–H groups in total. The number of ether oxygens (including phenoxy) is 1. The van der Waals surface area contributed by atoms with E-state index in [4.69, 9.17) is 16.3 Å². The quantitative estimate of drug-likeness (QED) is 0.0928. The van der Waals surface area contributed by atoms with Gasteiger partial charge >= 0.3 is 5.97 Å². The molecule has 0 bridgehead atoms. The molecule has 0 radical (unpaired) electrons. The first-order valence-electron chi connectivity index (χ1n) is 11.5. The highest BCUT2D eigenvalue weighted by atomic mass is 79.9. The Morgan fingerprint density at radius 1 is 0.846 bits per heavy atom. The van der Waals surface area contributed by atoms with E-state index in [0.29, 0.717) is 41.9 Å². The SMILES string of the molecule is Cc1cccc(C(=O)Nc2cccc(C(=O)NN=Cc3cc(Br)cc(Br)c3OC(=O)c3ccc(Cl)cc3)c2)c1. The minimum Gasteiger partial charge on any atom is -0.421 e. The first-order chi connectivity index (χ1) is 18.7. The van der Waals surface area contributed by atoms with Crippen molar-refractivity contribution in [3.05, 3.63) is 127 Å². The Balaban J connectivity index is 1.46. The van der Waals surface area contributed by atoms with Crippen LogP contribution >= 0.6 is 43.5 Å². The number of anilines is 1. The van der Waals surface area contributed by atoms with E-state index in [1.165, 1.54) is 6.21 Å². The minimum absolute atomic E-state index is 0.219. The average Bonchev–Trinajstić information content (AvgIpc) is 2.91. The smallest absolute Gasteiger partial charge is 0.343 e. The Morgan fingerprint density at radius 2 is 1.54 bits per heavy atom. The van der Waals surface area contributed by atoms with Crippen LogP contribution in [0.5, 0.6) is 5.75 Å². The van der Waals surface area contributed by atoms with Crippen LogP contribution in [0.1, 0.15) is 42.2 Å². The normalized spacial score (nSPS) is 10.8. The number of halogens is 3. The fourth-order valence-electron chi connectivity index (χ4n) is 3.47. The van der Waals surface area contributed by atoms with Crippen molar-refractivity contribution in [3.63, 3.8) is 0 Å². The maximum atomic E-state index is 12.7. The number of nitrogens with zero attached hydrogens (tertiary/aromatic N) is 1. The lowest BCUT2D eigenvalue weighted by molar-refractivity contribution is 0.0732. The third-order valence-electron chi connectivity index (χ3n) is 5.34. The number of hydrogen-bond acceptors (Lipinski definition) is 5. The van der Waals surface area contributed by atoms with E-state index in [1.54, 1.807) is 78.9 Å². The van der Waals surface area contributed by atoms with E-state index in [1.807, 2.05) is 13.0 Å². The first-order valence-corrected chi connectivity index (χ1v) is 13.4. The van der Waals surface area contributed by atoms with Crippen molar-refractivity contribution < 1.29 is 19.1 Å². The number of benzene rings is 4. The lowest BCUT2D eigenvalue weighted by Crippen LogP contribution is -2.18. The van der Waals surface area contributed by atoms with Crippen molar-refractivity contribution in [2.24, 2.45) is 5.10 Å². The van der Waals surface area contributed by atoms with E-state index in [-0.39, 0.29) is 11.7 Å². The highest BCUT2D eigenvalue weighted by molar-refractivity contribution is 9.11. The predicted molar refractivity (Wildman–Crippen MR) is 159 cm³/mol. The molecular formula is C29H20Br2ClN3O4. The summed E-state index contributed by atoms with van der Waals surface area (Å²) in [7, 11) is 0. The summed E-state index contributed by atoms with van der Waals surface area (Å²) in [4.78, 5) is 38.0. The van der Waals surface area contributed by atoms with Crippen molar-refractivity contribution in [1.82, 2.24) is 5.43 Å². The number of esters is 1. The molecule has 0 spiro atoms. The van der Waals surface area contributed by atoms with Gasteiger partial charge in [-0.1, -0.05) is 51.3 Å². The lowest BCUT2D eigenvalue weighted by atomic mass is 10.1. The summed E-state index contributed by atoms with van der Waals surface area (Å²) in [5.41, 5.74) is 5.44. The van der Waals surface area contributed by atoms with Gasteiger partial charge in [-0.05, 0) is 89.6 Å². The maximum absolute atomic E-state index is 12.7. The van der Waals surface area contributed by atoms with E-state index in [0.717, 1.165) is 5.56 Å². The Labute approximate surface area is 246 Å². The zero-order valence-electron chi connectivity index (χ0n) is 20.4. The van der Waals surface area contributed by atoms with Crippen LogP contribution in [0.2, 0.25) is 5.02 Å². The van der Waals surface area contributed by atoms with Gasteiger partial charge in [-0.15, -0.1) is 0 Å². The van der Waals surface area contributed by atoms with E-state index < -0.39 is 11.9 Å². The molecular weight excluding hydrogens is 650 g/mol. The number of nitrogens with one attached hydrogen (secondary N) is 2. The van der Waals surface area contributed by atoms with Crippen molar-refractivity contribution >= 4 is 73.1 Å². The molecule has 0 saturated carbocycles. The minimum atomic E-state index is -0.585. The molecule has 10 heteroatoms. The van der Waals surface area contributed by atoms with Crippen LogP contribution < -0.4 is 15.5 Å².